The van der Waals surface area contributed by atoms with Gasteiger partial charge in [0.2, 0.25) is 0 Å². The normalized spacial score (nSPS) is 11.1. The van der Waals surface area contributed by atoms with E-state index >= 15 is 0 Å². The molecule has 0 saturated carbocycles. The molecular formula is C13H23FO4. The van der Waals surface area contributed by atoms with E-state index in [1.807, 2.05) is 13.8 Å². The lowest BCUT2D eigenvalue weighted by Crippen LogP contribution is -2.44. The van der Waals surface area contributed by atoms with Gasteiger partial charge in [-0.1, -0.05) is 33.6 Å². The molecule has 0 fully saturated rings. The van der Waals surface area contributed by atoms with E-state index in [9.17, 15) is 14.0 Å². The summed E-state index contributed by atoms with van der Waals surface area (Å²) in [7, 11) is 0. The SMILES string of the molecule is CCCCOC(=O)C(F)(CC)C(=O)OCCCC. The highest BCUT2D eigenvalue weighted by Crippen LogP contribution is 2.21. The molecule has 0 rings (SSSR count). The summed E-state index contributed by atoms with van der Waals surface area (Å²) in [6.07, 6.45) is 2.69. The Balaban J connectivity index is 4.37. The van der Waals surface area contributed by atoms with Gasteiger partial charge in [-0.15, -0.1) is 0 Å². The summed E-state index contributed by atoms with van der Waals surface area (Å²) in [6, 6.07) is 0. The zero-order valence-electron chi connectivity index (χ0n) is 11.5. The van der Waals surface area contributed by atoms with Crippen LogP contribution < -0.4 is 0 Å². The lowest BCUT2D eigenvalue weighted by Gasteiger charge is -2.20. The van der Waals surface area contributed by atoms with Crippen LogP contribution in [-0.2, 0) is 19.1 Å². The topological polar surface area (TPSA) is 52.6 Å². The zero-order chi connectivity index (χ0) is 14.0. The Morgan fingerprint density at radius 3 is 1.61 bits per heavy atom. The summed E-state index contributed by atoms with van der Waals surface area (Å²) in [6.45, 7) is 5.53. The van der Waals surface area contributed by atoms with Crippen molar-refractivity contribution in [3.63, 3.8) is 0 Å². The highest BCUT2D eigenvalue weighted by atomic mass is 19.1. The summed E-state index contributed by atoms with van der Waals surface area (Å²) < 4.78 is 23.7. The predicted molar refractivity (Wildman–Crippen MR) is 65.9 cm³/mol. The summed E-state index contributed by atoms with van der Waals surface area (Å²) in [5, 5.41) is 0. The Bertz CT molecular complexity index is 244. The maximum atomic E-state index is 14.2. The molecule has 4 nitrogen and oxygen atoms in total. The Kier molecular flexibility index (Phi) is 8.33. The maximum Gasteiger partial charge on any atom is 0.355 e. The molecule has 0 aromatic heterocycles. The molecule has 0 N–H and O–H groups in total. The maximum absolute atomic E-state index is 14.2. The van der Waals surface area contributed by atoms with E-state index in [-0.39, 0.29) is 19.6 Å². The molecule has 18 heavy (non-hydrogen) atoms. The van der Waals surface area contributed by atoms with Gasteiger partial charge in [0.15, 0.2) is 0 Å². The summed E-state index contributed by atoms with van der Waals surface area (Å²) in [5.41, 5.74) is -2.67. The second-order valence-electron chi connectivity index (χ2n) is 4.13. The Morgan fingerprint density at radius 1 is 0.944 bits per heavy atom. The van der Waals surface area contributed by atoms with Crippen LogP contribution in [0.2, 0.25) is 0 Å². The van der Waals surface area contributed by atoms with Gasteiger partial charge in [-0.25, -0.2) is 14.0 Å². The Morgan fingerprint density at radius 2 is 1.33 bits per heavy atom. The molecule has 0 spiro atoms. The first-order chi connectivity index (χ1) is 8.52. The summed E-state index contributed by atoms with van der Waals surface area (Å²) in [5.74, 6) is -2.28. The van der Waals surface area contributed by atoms with Gasteiger partial charge in [-0.05, 0) is 12.8 Å². The summed E-state index contributed by atoms with van der Waals surface area (Å²) in [4.78, 5) is 23.1. The summed E-state index contributed by atoms with van der Waals surface area (Å²) >= 11 is 0. The third-order valence-electron chi connectivity index (χ3n) is 2.60. The number of hydrogen-bond donors (Lipinski definition) is 0. The van der Waals surface area contributed by atoms with Crippen molar-refractivity contribution in [1.82, 2.24) is 0 Å². The molecule has 0 atom stereocenters. The van der Waals surface area contributed by atoms with Crippen LogP contribution in [0.1, 0.15) is 52.9 Å². The first-order valence-corrected chi connectivity index (χ1v) is 6.56. The molecule has 0 aliphatic heterocycles. The molecule has 0 aromatic rings. The van der Waals surface area contributed by atoms with Crippen molar-refractivity contribution in [2.24, 2.45) is 0 Å². The molecule has 106 valence electrons. The fourth-order valence-corrected chi connectivity index (χ4v) is 1.22. The lowest BCUT2D eigenvalue weighted by molar-refractivity contribution is -0.175. The number of rotatable bonds is 9. The van der Waals surface area contributed by atoms with Gasteiger partial charge >= 0.3 is 17.6 Å². The highest BCUT2D eigenvalue weighted by Gasteiger charge is 2.48. The fourth-order valence-electron chi connectivity index (χ4n) is 1.22. The van der Waals surface area contributed by atoms with Crippen molar-refractivity contribution in [2.45, 2.75) is 58.5 Å². The second-order valence-corrected chi connectivity index (χ2v) is 4.13. The van der Waals surface area contributed by atoms with Gasteiger partial charge in [0.25, 0.3) is 0 Å². The van der Waals surface area contributed by atoms with Gasteiger partial charge in [0.1, 0.15) is 0 Å². The van der Waals surface area contributed by atoms with Crippen LogP contribution in [-0.4, -0.2) is 30.8 Å². The zero-order valence-corrected chi connectivity index (χ0v) is 11.5. The molecular weight excluding hydrogens is 239 g/mol. The Labute approximate surface area is 108 Å². The van der Waals surface area contributed by atoms with Gasteiger partial charge < -0.3 is 9.47 Å². The van der Waals surface area contributed by atoms with Crippen LogP contribution in [0.25, 0.3) is 0 Å². The van der Waals surface area contributed by atoms with Crippen LogP contribution in [0, 0.1) is 0 Å². The molecule has 0 bridgehead atoms. The third kappa shape index (κ3) is 5.02. The third-order valence-corrected chi connectivity index (χ3v) is 2.60. The van der Waals surface area contributed by atoms with E-state index in [1.165, 1.54) is 6.92 Å². The first-order valence-electron chi connectivity index (χ1n) is 6.56. The average molecular weight is 262 g/mol. The highest BCUT2D eigenvalue weighted by molar-refractivity contribution is 6.03. The monoisotopic (exact) mass is 262 g/mol. The van der Waals surface area contributed by atoms with Crippen LogP contribution in [0.3, 0.4) is 0 Å². The Hall–Kier alpha value is -1.13. The molecule has 0 aliphatic rings. The standard InChI is InChI=1S/C13H23FO4/c1-4-7-9-17-11(15)13(14,6-3)12(16)18-10-8-5-2/h4-10H2,1-3H3. The average Bonchev–Trinajstić information content (AvgIpc) is 2.38. The van der Waals surface area contributed by atoms with E-state index in [4.69, 9.17) is 9.47 Å². The number of carbonyl (C=O) groups excluding carboxylic acids is 2. The number of ether oxygens (including phenoxy) is 2. The van der Waals surface area contributed by atoms with Crippen LogP contribution >= 0.6 is 0 Å². The van der Waals surface area contributed by atoms with Crippen molar-refractivity contribution in [2.75, 3.05) is 13.2 Å². The fraction of sp³-hybridized carbons (Fsp3) is 0.846. The van der Waals surface area contributed by atoms with Crippen molar-refractivity contribution in [3.05, 3.63) is 0 Å². The quantitative estimate of drug-likeness (QED) is 0.364. The van der Waals surface area contributed by atoms with Crippen LogP contribution in [0.5, 0.6) is 0 Å². The molecule has 0 amide bonds. The molecule has 0 radical (unpaired) electrons. The number of unbranched alkanes of at least 4 members (excludes halogenated alkanes) is 2. The van der Waals surface area contributed by atoms with Crippen molar-refractivity contribution in [1.29, 1.82) is 0 Å². The minimum atomic E-state index is -2.67. The van der Waals surface area contributed by atoms with Crippen molar-refractivity contribution in [3.8, 4) is 0 Å². The number of halogens is 1. The minimum absolute atomic E-state index is 0.128. The lowest BCUT2D eigenvalue weighted by atomic mass is 10.0. The van der Waals surface area contributed by atoms with E-state index in [0.717, 1.165) is 12.8 Å². The van der Waals surface area contributed by atoms with Crippen LogP contribution in [0.4, 0.5) is 4.39 Å². The number of alkyl halides is 1. The smallest absolute Gasteiger partial charge is 0.355 e. The van der Waals surface area contributed by atoms with E-state index in [0.29, 0.717) is 12.8 Å². The van der Waals surface area contributed by atoms with E-state index in [1.54, 1.807) is 0 Å². The molecule has 0 saturated heterocycles. The van der Waals surface area contributed by atoms with Gasteiger partial charge in [-0.3, -0.25) is 0 Å². The second kappa shape index (κ2) is 8.89. The molecule has 0 aromatic carbocycles. The van der Waals surface area contributed by atoms with Gasteiger partial charge in [0, 0.05) is 6.42 Å². The molecule has 0 unspecified atom stereocenters. The van der Waals surface area contributed by atoms with Crippen LogP contribution in [0.15, 0.2) is 0 Å². The largest absolute Gasteiger partial charge is 0.463 e. The number of esters is 2. The van der Waals surface area contributed by atoms with Gasteiger partial charge in [-0.2, -0.15) is 0 Å². The van der Waals surface area contributed by atoms with Crippen molar-refractivity contribution >= 4 is 11.9 Å². The van der Waals surface area contributed by atoms with E-state index in [2.05, 4.69) is 0 Å². The predicted octanol–water partition coefficient (Wildman–Crippen LogP) is 2.79. The van der Waals surface area contributed by atoms with E-state index < -0.39 is 17.6 Å². The number of carbonyl (C=O) groups is 2. The molecule has 5 heteroatoms. The minimum Gasteiger partial charge on any atom is -0.463 e. The molecule has 0 aliphatic carbocycles. The molecule has 0 heterocycles. The van der Waals surface area contributed by atoms with Crippen molar-refractivity contribution < 1.29 is 23.5 Å². The first kappa shape index (κ1) is 16.9. The number of hydrogen-bond acceptors (Lipinski definition) is 4. The van der Waals surface area contributed by atoms with Gasteiger partial charge in [0.05, 0.1) is 13.2 Å².